The molecule has 4 heteroatoms. The molecule has 20 heavy (non-hydrogen) atoms. The van der Waals surface area contributed by atoms with Crippen LogP contribution >= 0.6 is 23.2 Å². The van der Waals surface area contributed by atoms with Gasteiger partial charge in [0.05, 0.1) is 5.69 Å². The number of halogens is 2. The van der Waals surface area contributed by atoms with Gasteiger partial charge in [-0.2, -0.15) is 0 Å². The minimum Gasteiger partial charge on any atom is -0.376 e. The van der Waals surface area contributed by atoms with E-state index < -0.39 is 0 Å². The highest BCUT2D eigenvalue weighted by Crippen LogP contribution is 2.30. The van der Waals surface area contributed by atoms with Gasteiger partial charge < -0.3 is 5.32 Å². The number of hydrogen-bond acceptors (Lipinski definition) is 2. The van der Waals surface area contributed by atoms with Crippen molar-refractivity contribution in [2.24, 2.45) is 0 Å². The lowest BCUT2D eigenvalue weighted by atomic mass is 10.0. The van der Waals surface area contributed by atoms with Crippen molar-refractivity contribution in [3.63, 3.8) is 0 Å². The molecule has 2 aromatic rings. The smallest absolute Gasteiger partial charge is 0.154 e. The van der Waals surface area contributed by atoms with E-state index in [0.29, 0.717) is 10.3 Å². The molecule has 2 nitrogen and oxygen atoms in total. The van der Waals surface area contributed by atoms with Gasteiger partial charge >= 0.3 is 0 Å². The normalized spacial score (nSPS) is 12.3. The van der Waals surface area contributed by atoms with E-state index in [4.69, 9.17) is 23.2 Å². The van der Waals surface area contributed by atoms with E-state index in [9.17, 15) is 0 Å². The van der Waals surface area contributed by atoms with Crippen LogP contribution in [0.1, 0.15) is 35.2 Å². The van der Waals surface area contributed by atoms with Crippen LogP contribution in [0.25, 0.3) is 0 Å². The second-order valence-electron chi connectivity index (χ2n) is 5.14. The van der Waals surface area contributed by atoms with Gasteiger partial charge in [0.15, 0.2) is 5.15 Å². The Labute approximate surface area is 130 Å². The Morgan fingerprint density at radius 3 is 2.30 bits per heavy atom. The first-order valence-corrected chi connectivity index (χ1v) is 7.30. The van der Waals surface area contributed by atoms with E-state index in [2.05, 4.69) is 49.3 Å². The molecule has 1 unspecified atom stereocenters. The van der Waals surface area contributed by atoms with Crippen LogP contribution in [0.3, 0.4) is 0 Å². The highest BCUT2D eigenvalue weighted by atomic mass is 35.5. The summed E-state index contributed by atoms with van der Waals surface area (Å²) in [4.78, 5) is 4.08. The Morgan fingerprint density at radius 2 is 1.70 bits per heavy atom. The summed E-state index contributed by atoms with van der Waals surface area (Å²) in [6.45, 7) is 8.30. The molecular formula is C16H18Cl2N2. The van der Waals surface area contributed by atoms with E-state index in [0.717, 1.165) is 11.3 Å². The summed E-state index contributed by atoms with van der Waals surface area (Å²) in [5.74, 6) is 0. The number of aryl methyl sites for hydroxylation is 3. The minimum absolute atomic E-state index is 0.147. The molecule has 0 spiro atoms. The number of aromatic nitrogens is 1. The predicted molar refractivity (Wildman–Crippen MR) is 86.9 cm³/mol. The second-order valence-corrected chi connectivity index (χ2v) is 5.88. The molecular weight excluding hydrogens is 291 g/mol. The highest BCUT2D eigenvalue weighted by Gasteiger charge is 2.12. The number of pyridine rings is 1. The van der Waals surface area contributed by atoms with Crippen LogP contribution in [0.5, 0.6) is 0 Å². The van der Waals surface area contributed by atoms with Crippen molar-refractivity contribution in [2.45, 2.75) is 33.7 Å². The summed E-state index contributed by atoms with van der Waals surface area (Å²) in [6.07, 6.45) is 0. The van der Waals surface area contributed by atoms with Crippen molar-refractivity contribution in [1.29, 1.82) is 0 Å². The molecule has 0 bridgehead atoms. The Balaban J connectivity index is 2.27. The molecule has 0 saturated carbocycles. The molecule has 1 aromatic heterocycles. The van der Waals surface area contributed by atoms with Gasteiger partial charge in [0.2, 0.25) is 0 Å². The molecule has 0 aliphatic heterocycles. The SMILES string of the molecule is Cc1ccc(C(C)Nc2c(C)cc(Cl)nc2Cl)cc1C. The fraction of sp³-hybridized carbons (Fsp3) is 0.312. The van der Waals surface area contributed by atoms with Gasteiger partial charge in [-0.15, -0.1) is 0 Å². The third-order valence-electron chi connectivity index (χ3n) is 3.53. The maximum atomic E-state index is 6.16. The van der Waals surface area contributed by atoms with E-state index in [1.165, 1.54) is 16.7 Å². The average molecular weight is 309 g/mol. The quantitative estimate of drug-likeness (QED) is 0.759. The van der Waals surface area contributed by atoms with Crippen molar-refractivity contribution in [1.82, 2.24) is 4.98 Å². The summed E-state index contributed by atoms with van der Waals surface area (Å²) < 4.78 is 0. The maximum Gasteiger partial charge on any atom is 0.154 e. The largest absolute Gasteiger partial charge is 0.376 e. The van der Waals surface area contributed by atoms with Crippen LogP contribution < -0.4 is 5.32 Å². The van der Waals surface area contributed by atoms with Crippen LogP contribution in [0.4, 0.5) is 5.69 Å². The van der Waals surface area contributed by atoms with Gasteiger partial charge in [0, 0.05) is 6.04 Å². The van der Waals surface area contributed by atoms with Crippen molar-refractivity contribution in [2.75, 3.05) is 5.32 Å². The van der Waals surface area contributed by atoms with E-state index in [-0.39, 0.29) is 6.04 Å². The highest BCUT2D eigenvalue weighted by molar-refractivity contribution is 6.34. The van der Waals surface area contributed by atoms with Gasteiger partial charge in [-0.05, 0) is 56.0 Å². The molecule has 0 saturated heterocycles. The van der Waals surface area contributed by atoms with Crippen LogP contribution in [0, 0.1) is 20.8 Å². The zero-order valence-corrected chi connectivity index (χ0v) is 13.6. The minimum atomic E-state index is 0.147. The average Bonchev–Trinajstić information content (AvgIpc) is 2.36. The third-order valence-corrected chi connectivity index (χ3v) is 4.00. The summed E-state index contributed by atoms with van der Waals surface area (Å²) >= 11 is 12.1. The zero-order valence-electron chi connectivity index (χ0n) is 12.1. The first-order valence-electron chi connectivity index (χ1n) is 6.55. The van der Waals surface area contributed by atoms with Crippen molar-refractivity contribution < 1.29 is 0 Å². The van der Waals surface area contributed by atoms with Crippen LogP contribution in [0.15, 0.2) is 24.3 Å². The van der Waals surface area contributed by atoms with Crippen molar-refractivity contribution >= 4 is 28.9 Å². The number of nitrogens with zero attached hydrogens (tertiary/aromatic N) is 1. The Kier molecular flexibility index (Phi) is 4.56. The van der Waals surface area contributed by atoms with Crippen molar-refractivity contribution in [3.8, 4) is 0 Å². The van der Waals surface area contributed by atoms with E-state index in [1.807, 2.05) is 13.0 Å². The van der Waals surface area contributed by atoms with Gasteiger partial charge in [0.25, 0.3) is 0 Å². The van der Waals surface area contributed by atoms with Gasteiger partial charge in [-0.3, -0.25) is 0 Å². The number of hydrogen-bond donors (Lipinski definition) is 1. The molecule has 0 radical (unpaired) electrons. The molecule has 2 rings (SSSR count). The molecule has 1 heterocycles. The molecule has 106 valence electrons. The van der Waals surface area contributed by atoms with Crippen molar-refractivity contribution in [3.05, 3.63) is 56.8 Å². The van der Waals surface area contributed by atoms with Crippen LogP contribution in [-0.4, -0.2) is 4.98 Å². The Hall–Kier alpha value is -1.25. The van der Waals surface area contributed by atoms with Gasteiger partial charge in [-0.25, -0.2) is 4.98 Å². The fourth-order valence-electron chi connectivity index (χ4n) is 2.10. The number of rotatable bonds is 3. The summed E-state index contributed by atoms with van der Waals surface area (Å²) in [5.41, 5.74) is 5.63. The molecule has 0 fully saturated rings. The molecule has 1 aromatic carbocycles. The standard InChI is InChI=1S/C16H18Cl2N2/c1-9-5-6-13(7-10(9)2)12(4)19-15-11(3)8-14(17)20-16(15)18/h5-8,12,19H,1-4H3. The topological polar surface area (TPSA) is 24.9 Å². The van der Waals surface area contributed by atoms with Gasteiger partial charge in [0.1, 0.15) is 5.15 Å². The molecule has 0 aliphatic rings. The van der Waals surface area contributed by atoms with Gasteiger partial charge in [-0.1, -0.05) is 41.4 Å². The van der Waals surface area contributed by atoms with E-state index >= 15 is 0 Å². The summed E-state index contributed by atoms with van der Waals surface area (Å²) in [6, 6.07) is 8.42. The summed E-state index contributed by atoms with van der Waals surface area (Å²) in [5, 5.41) is 4.24. The molecule has 1 atom stereocenters. The second kappa shape index (κ2) is 6.02. The Morgan fingerprint density at radius 1 is 1.00 bits per heavy atom. The lowest BCUT2D eigenvalue weighted by molar-refractivity contribution is 0.877. The first-order chi connectivity index (χ1) is 9.38. The summed E-state index contributed by atoms with van der Waals surface area (Å²) in [7, 11) is 0. The maximum absolute atomic E-state index is 6.16. The third kappa shape index (κ3) is 3.25. The van der Waals surface area contributed by atoms with Crippen LogP contribution in [-0.2, 0) is 0 Å². The fourth-order valence-corrected chi connectivity index (χ4v) is 2.69. The van der Waals surface area contributed by atoms with E-state index in [1.54, 1.807) is 0 Å². The first kappa shape index (κ1) is 15.1. The molecule has 0 aliphatic carbocycles. The zero-order chi connectivity index (χ0) is 14.9. The molecule has 0 amide bonds. The predicted octanol–water partition coefficient (Wildman–Crippen LogP) is 5.49. The number of anilines is 1. The molecule has 1 N–H and O–H groups in total. The lowest BCUT2D eigenvalue weighted by Crippen LogP contribution is -2.09. The number of benzene rings is 1. The lowest BCUT2D eigenvalue weighted by Gasteiger charge is -2.19. The Bertz CT molecular complexity index is 615. The van der Waals surface area contributed by atoms with Crippen LogP contribution in [0.2, 0.25) is 10.3 Å². The monoisotopic (exact) mass is 308 g/mol. The number of nitrogens with one attached hydrogen (secondary N) is 1.